The molecular weight excluding hydrogens is 336 g/mol. The van der Waals surface area contributed by atoms with Gasteiger partial charge in [-0.3, -0.25) is 4.79 Å². The molecule has 3 rings (SSSR count). The maximum absolute atomic E-state index is 11.6. The van der Waals surface area contributed by atoms with Crippen molar-refractivity contribution in [2.24, 2.45) is 5.10 Å². The third-order valence-corrected chi connectivity index (χ3v) is 4.42. The first-order valence-electron chi connectivity index (χ1n) is 6.52. The molecule has 1 aromatic heterocycles. The van der Waals surface area contributed by atoms with Gasteiger partial charge >= 0.3 is 5.97 Å². The van der Waals surface area contributed by atoms with Crippen LogP contribution in [-0.2, 0) is 4.79 Å². The van der Waals surface area contributed by atoms with Gasteiger partial charge in [-0.15, -0.1) is 0 Å². The number of thiocarbonyl (C=S) groups is 1. The molecular formula is C15H10N2O4S2. The van der Waals surface area contributed by atoms with Crippen molar-refractivity contribution < 1.29 is 19.1 Å². The molecule has 1 saturated heterocycles. The maximum Gasteiger partial charge on any atom is 0.336 e. The van der Waals surface area contributed by atoms with Crippen LogP contribution in [-0.4, -0.2) is 38.3 Å². The molecule has 23 heavy (non-hydrogen) atoms. The Bertz CT molecular complexity index is 812. The number of hydrogen-bond acceptors (Lipinski definition) is 6. The number of rotatable bonds is 4. The Morgan fingerprint density at radius 2 is 2.13 bits per heavy atom. The molecule has 0 atom stereocenters. The summed E-state index contributed by atoms with van der Waals surface area (Å²) in [5.41, 5.74) is 0.626. The highest BCUT2D eigenvalue weighted by Crippen LogP contribution is 2.26. The van der Waals surface area contributed by atoms with E-state index in [-0.39, 0.29) is 17.2 Å². The molecule has 1 fully saturated rings. The topological polar surface area (TPSA) is 83.1 Å². The molecule has 2 heterocycles. The lowest BCUT2D eigenvalue weighted by Gasteiger charge is -2.05. The van der Waals surface area contributed by atoms with Gasteiger partial charge in [-0.1, -0.05) is 42.2 Å². The molecule has 116 valence electrons. The number of carboxylic acid groups (broad SMARTS) is 1. The number of amides is 1. The lowest BCUT2D eigenvalue weighted by atomic mass is 10.1. The Hall–Kier alpha value is -2.45. The predicted octanol–water partition coefficient (Wildman–Crippen LogP) is 2.84. The van der Waals surface area contributed by atoms with Gasteiger partial charge in [0.1, 0.15) is 11.5 Å². The number of aromatic carboxylic acids is 1. The van der Waals surface area contributed by atoms with Gasteiger partial charge in [0, 0.05) is 5.56 Å². The second-order valence-electron chi connectivity index (χ2n) is 4.56. The van der Waals surface area contributed by atoms with Crippen molar-refractivity contribution in [1.29, 1.82) is 0 Å². The van der Waals surface area contributed by atoms with Gasteiger partial charge in [0.05, 0.1) is 17.5 Å². The van der Waals surface area contributed by atoms with E-state index < -0.39 is 5.97 Å². The van der Waals surface area contributed by atoms with Crippen molar-refractivity contribution in [3.63, 3.8) is 0 Å². The van der Waals surface area contributed by atoms with E-state index in [0.717, 1.165) is 5.01 Å². The van der Waals surface area contributed by atoms with Crippen molar-refractivity contribution in [2.45, 2.75) is 0 Å². The van der Waals surface area contributed by atoms with Gasteiger partial charge in [-0.25, -0.2) is 4.79 Å². The van der Waals surface area contributed by atoms with Crippen LogP contribution in [0.15, 0.2) is 45.9 Å². The lowest BCUT2D eigenvalue weighted by Crippen LogP contribution is -2.22. The smallest absolute Gasteiger partial charge is 0.336 e. The monoisotopic (exact) mass is 346 g/mol. The van der Waals surface area contributed by atoms with E-state index >= 15 is 0 Å². The van der Waals surface area contributed by atoms with Crippen molar-refractivity contribution in [3.05, 3.63) is 47.7 Å². The molecule has 1 aliphatic rings. The zero-order valence-corrected chi connectivity index (χ0v) is 13.3. The van der Waals surface area contributed by atoms with E-state index in [9.17, 15) is 14.7 Å². The quantitative estimate of drug-likeness (QED) is 0.677. The summed E-state index contributed by atoms with van der Waals surface area (Å²) in [7, 11) is 0. The predicted molar refractivity (Wildman–Crippen MR) is 90.6 cm³/mol. The Morgan fingerprint density at radius 1 is 1.35 bits per heavy atom. The Labute approximate surface area is 140 Å². The molecule has 0 saturated carbocycles. The van der Waals surface area contributed by atoms with Crippen LogP contribution in [0.5, 0.6) is 0 Å². The SMILES string of the molecule is O=C(O)c1ccccc1-c1ccc(/C=N\N2C(=O)CSC2=S)o1. The van der Waals surface area contributed by atoms with E-state index in [2.05, 4.69) is 5.10 Å². The molecule has 1 aliphatic heterocycles. The van der Waals surface area contributed by atoms with Crippen molar-refractivity contribution in [3.8, 4) is 11.3 Å². The summed E-state index contributed by atoms with van der Waals surface area (Å²) in [6.45, 7) is 0. The number of hydrogen-bond donors (Lipinski definition) is 1. The highest BCUT2D eigenvalue weighted by atomic mass is 32.2. The summed E-state index contributed by atoms with van der Waals surface area (Å²) in [4.78, 5) is 22.8. The lowest BCUT2D eigenvalue weighted by molar-refractivity contribution is -0.124. The molecule has 8 heteroatoms. The van der Waals surface area contributed by atoms with Crippen LogP contribution < -0.4 is 0 Å². The summed E-state index contributed by atoms with van der Waals surface area (Å²) in [6.07, 6.45) is 1.38. The van der Waals surface area contributed by atoms with Gasteiger partial charge in [0.15, 0.2) is 4.32 Å². The number of carbonyl (C=O) groups excluding carboxylic acids is 1. The average Bonchev–Trinajstić information content (AvgIpc) is 3.13. The Morgan fingerprint density at radius 3 is 2.83 bits per heavy atom. The molecule has 6 nitrogen and oxygen atoms in total. The summed E-state index contributed by atoms with van der Waals surface area (Å²) in [5, 5.41) is 14.4. The minimum Gasteiger partial charge on any atom is -0.478 e. The fraction of sp³-hybridized carbons (Fsp3) is 0.0667. The summed E-state index contributed by atoms with van der Waals surface area (Å²) in [6, 6.07) is 9.86. The Balaban J connectivity index is 1.86. The minimum absolute atomic E-state index is 0.151. The maximum atomic E-state index is 11.6. The number of hydrazone groups is 1. The molecule has 0 radical (unpaired) electrons. The van der Waals surface area contributed by atoms with Crippen molar-refractivity contribution in [1.82, 2.24) is 5.01 Å². The van der Waals surface area contributed by atoms with Crippen LogP contribution in [0.25, 0.3) is 11.3 Å². The third kappa shape index (κ3) is 3.17. The highest BCUT2D eigenvalue weighted by Gasteiger charge is 2.26. The summed E-state index contributed by atoms with van der Waals surface area (Å²) >= 11 is 6.27. The van der Waals surface area contributed by atoms with E-state index in [1.54, 1.807) is 30.3 Å². The molecule has 1 aromatic carbocycles. The Kier molecular flexibility index (Phi) is 4.26. The first-order chi connectivity index (χ1) is 11.1. The number of carbonyl (C=O) groups is 2. The largest absolute Gasteiger partial charge is 0.478 e. The number of carboxylic acids is 1. The zero-order valence-electron chi connectivity index (χ0n) is 11.6. The van der Waals surface area contributed by atoms with Crippen LogP contribution in [0.2, 0.25) is 0 Å². The van der Waals surface area contributed by atoms with Gasteiger partial charge in [-0.05, 0) is 18.2 Å². The second-order valence-corrected chi connectivity index (χ2v) is 6.17. The van der Waals surface area contributed by atoms with Crippen molar-refractivity contribution >= 4 is 46.4 Å². The first kappa shape index (κ1) is 15.4. The fourth-order valence-corrected chi connectivity index (χ4v) is 2.99. The van der Waals surface area contributed by atoms with E-state index in [1.807, 2.05) is 0 Å². The van der Waals surface area contributed by atoms with Gasteiger partial charge < -0.3 is 9.52 Å². The molecule has 0 unspecified atom stereocenters. The number of furan rings is 1. The van der Waals surface area contributed by atoms with E-state index in [1.165, 1.54) is 24.0 Å². The van der Waals surface area contributed by atoms with Crippen LogP contribution >= 0.6 is 24.0 Å². The highest BCUT2D eigenvalue weighted by molar-refractivity contribution is 8.23. The second kappa shape index (κ2) is 6.35. The minimum atomic E-state index is -1.03. The molecule has 0 spiro atoms. The van der Waals surface area contributed by atoms with Gasteiger partial charge in [-0.2, -0.15) is 10.1 Å². The van der Waals surface area contributed by atoms with Crippen LogP contribution in [0.4, 0.5) is 0 Å². The molecule has 0 bridgehead atoms. The summed E-state index contributed by atoms with van der Waals surface area (Å²) in [5.74, 6) is -0.121. The number of thioether (sulfide) groups is 1. The van der Waals surface area contributed by atoms with Crippen LogP contribution in [0.1, 0.15) is 16.1 Å². The summed E-state index contributed by atoms with van der Waals surface area (Å²) < 4.78 is 5.99. The molecule has 1 amide bonds. The zero-order chi connectivity index (χ0) is 16.4. The van der Waals surface area contributed by atoms with E-state index in [0.29, 0.717) is 21.4 Å². The van der Waals surface area contributed by atoms with E-state index in [4.69, 9.17) is 16.6 Å². The number of nitrogens with zero attached hydrogens (tertiary/aromatic N) is 2. The average molecular weight is 346 g/mol. The number of benzene rings is 1. The van der Waals surface area contributed by atoms with Crippen LogP contribution in [0, 0.1) is 0 Å². The third-order valence-electron chi connectivity index (χ3n) is 3.08. The van der Waals surface area contributed by atoms with Crippen molar-refractivity contribution in [2.75, 3.05) is 5.75 Å². The normalized spacial score (nSPS) is 14.9. The fourth-order valence-electron chi connectivity index (χ4n) is 2.03. The first-order valence-corrected chi connectivity index (χ1v) is 7.92. The van der Waals surface area contributed by atoms with Gasteiger partial charge in [0.25, 0.3) is 5.91 Å². The van der Waals surface area contributed by atoms with Crippen LogP contribution in [0.3, 0.4) is 0 Å². The molecule has 1 N–H and O–H groups in total. The molecule has 2 aromatic rings. The van der Waals surface area contributed by atoms with Gasteiger partial charge in [0.2, 0.25) is 0 Å². The standard InChI is InChI=1S/C15H10N2O4S2/c18-13-8-23-15(22)17(13)16-7-9-5-6-12(21-9)10-3-1-2-4-11(10)14(19)20/h1-7H,8H2,(H,19,20)/b16-7-. The molecule has 0 aliphatic carbocycles.